The molecule has 0 aliphatic rings. The van der Waals surface area contributed by atoms with Gasteiger partial charge in [0.25, 0.3) is 0 Å². The minimum Gasteiger partial charge on any atom is -0.462 e. The number of nitrogens with two attached hydrogens (primary N) is 1. The van der Waals surface area contributed by atoms with Crippen LogP contribution in [0.5, 0.6) is 0 Å². The molecule has 0 bridgehead atoms. The highest BCUT2D eigenvalue weighted by Gasteiger charge is 2.13. The minimum atomic E-state index is -0.258. The van der Waals surface area contributed by atoms with Gasteiger partial charge in [-0.2, -0.15) is 0 Å². The van der Waals surface area contributed by atoms with Crippen LogP contribution in [0.15, 0.2) is 12.1 Å². The molecule has 3 nitrogen and oxygen atoms in total. The van der Waals surface area contributed by atoms with Gasteiger partial charge in [0.1, 0.15) is 0 Å². The van der Waals surface area contributed by atoms with Crippen LogP contribution in [0.25, 0.3) is 0 Å². The lowest BCUT2D eigenvalue weighted by atomic mass is 10.0. The summed E-state index contributed by atoms with van der Waals surface area (Å²) in [6.45, 7) is 8.48. The van der Waals surface area contributed by atoms with Crippen LogP contribution in [-0.4, -0.2) is 12.6 Å². The molecule has 0 heterocycles. The summed E-state index contributed by atoms with van der Waals surface area (Å²) < 4.78 is 5.23. The van der Waals surface area contributed by atoms with Gasteiger partial charge in [-0.3, -0.25) is 0 Å². The summed E-state index contributed by atoms with van der Waals surface area (Å²) >= 11 is 0. The van der Waals surface area contributed by atoms with E-state index in [1.807, 2.05) is 13.8 Å². The molecule has 0 saturated carbocycles. The van der Waals surface area contributed by atoms with E-state index in [4.69, 9.17) is 10.5 Å². The van der Waals surface area contributed by atoms with Gasteiger partial charge in [-0.25, -0.2) is 4.79 Å². The maximum absolute atomic E-state index is 11.8. The molecule has 0 saturated heterocycles. The quantitative estimate of drug-likeness (QED) is 0.644. The Bertz CT molecular complexity index is 411. The first-order valence-corrected chi connectivity index (χ1v) is 5.96. The van der Waals surface area contributed by atoms with E-state index in [0.717, 1.165) is 17.5 Å². The van der Waals surface area contributed by atoms with Crippen LogP contribution in [0.3, 0.4) is 0 Å². The fraction of sp³-hybridized carbons (Fsp3) is 0.500. The van der Waals surface area contributed by atoms with Crippen LogP contribution in [0.1, 0.15) is 41.8 Å². The van der Waals surface area contributed by atoms with E-state index in [-0.39, 0.29) is 5.97 Å². The lowest BCUT2D eigenvalue weighted by molar-refractivity contribution is 0.0487. The Labute approximate surface area is 103 Å². The third-order valence-electron chi connectivity index (χ3n) is 2.98. The number of carbonyl (C=O) groups excluding carboxylic acids is 1. The fourth-order valence-electron chi connectivity index (χ4n) is 1.53. The minimum absolute atomic E-state index is 0.258. The van der Waals surface area contributed by atoms with Gasteiger partial charge >= 0.3 is 5.97 Å². The number of carbonyl (C=O) groups is 1. The molecule has 0 spiro atoms. The lowest BCUT2D eigenvalue weighted by Crippen LogP contribution is -2.10. The summed E-state index contributed by atoms with van der Waals surface area (Å²) in [5.74, 6) is 0.281. The molecule has 0 aromatic heterocycles. The molecule has 0 atom stereocenters. The molecule has 1 aromatic carbocycles. The van der Waals surface area contributed by atoms with Gasteiger partial charge in [-0.15, -0.1) is 0 Å². The third-order valence-corrected chi connectivity index (χ3v) is 2.98. The van der Waals surface area contributed by atoms with E-state index in [2.05, 4.69) is 13.8 Å². The van der Waals surface area contributed by atoms with Gasteiger partial charge in [0, 0.05) is 5.69 Å². The van der Waals surface area contributed by atoms with E-state index in [0.29, 0.717) is 23.8 Å². The van der Waals surface area contributed by atoms with Crippen molar-refractivity contribution < 1.29 is 9.53 Å². The van der Waals surface area contributed by atoms with Gasteiger partial charge < -0.3 is 10.5 Å². The van der Waals surface area contributed by atoms with E-state index in [9.17, 15) is 4.79 Å². The summed E-state index contributed by atoms with van der Waals surface area (Å²) in [6, 6.07) is 3.48. The fourth-order valence-corrected chi connectivity index (χ4v) is 1.53. The van der Waals surface area contributed by atoms with Gasteiger partial charge in [-0.05, 0) is 49.4 Å². The summed E-state index contributed by atoms with van der Waals surface area (Å²) in [6.07, 6.45) is 0.888. The average molecular weight is 235 g/mol. The van der Waals surface area contributed by atoms with Crippen molar-refractivity contribution in [2.45, 2.75) is 34.1 Å². The van der Waals surface area contributed by atoms with E-state index in [1.165, 1.54) is 0 Å². The zero-order valence-electron chi connectivity index (χ0n) is 11.0. The van der Waals surface area contributed by atoms with Crippen molar-refractivity contribution in [1.82, 2.24) is 0 Å². The van der Waals surface area contributed by atoms with Gasteiger partial charge in [0.2, 0.25) is 0 Å². The van der Waals surface area contributed by atoms with Gasteiger partial charge in [0.05, 0.1) is 12.2 Å². The van der Waals surface area contributed by atoms with Crippen molar-refractivity contribution in [2.75, 3.05) is 12.3 Å². The molecule has 3 heteroatoms. The first-order valence-electron chi connectivity index (χ1n) is 5.96. The van der Waals surface area contributed by atoms with Crippen LogP contribution in [0.4, 0.5) is 5.69 Å². The second kappa shape index (κ2) is 5.71. The maximum Gasteiger partial charge on any atom is 0.338 e. The number of hydrogen-bond acceptors (Lipinski definition) is 3. The van der Waals surface area contributed by atoms with Gasteiger partial charge in [0.15, 0.2) is 0 Å². The standard InChI is InChI=1S/C14H21NO2/c1-9(2)7-8-17-14(16)12-5-6-13(15)11(4)10(12)3/h5-6,9H,7-8,15H2,1-4H3. The summed E-state index contributed by atoms with van der Waals surface area (Å²) in [7, 11) is 0. The highest BCUT2D eigenvalue weighted by molar-refractivity contribution is 5.92. The molecule has 0 unspecified atom stereocenters. The summed E-state index contributed by atoms with van der Waals surface area (Å²) in [5.41, 5.74) is 8.95. The molecule has 1 aromatic rings. The molecular weight excluding hydrogens is 214 g/mol. The Balaban J connectivity index is 2.73. The molecule has 1 rings (SSSR count). The number of hydrogen-bond donors (Lipinski definition) is 1. The highest BCUT2D eigenvalue weighted by atomic mass is 16.5. The predicted octanol–water partition coefficient (Wildman–Crippen LogP) is 3.09. The third kappa shape index (κ3) is 3.48. The number of anilines is 1. The Hall–Kier alpha value is -1.51. The Kier molecular flexibility index (Phi) is 4.55. The SMILES string of the molecule is Cc1c(N)ccc(C(=O)OCCC(C)C)c1C. The van der Waals surface area contributed by atoms with E-state index in [1.54, 1.807) is 12.1 Å². The number of rotatable bonds is 4. The first kappa shape index (κ1) is 13.6. The van der Waals surface area contributed by atoms with Crippen LogP contribution in [0, 0.1) is 19.8 Å². The smallest absolute Gasteiger partial charge is 0.338 e. The van der Waals surface area contributed by atoms with Crippen molar-refractivity contribution in [2.24, 2.45) is 5.92 Å². The van der Waals surface area contributed by atoms with Crippen LogP contribution < -0.4 is 5.73 Å². The van der Waals surface area contributed by atoms with Crippen molar-refractivity contribution in [3.8, 4) is 0 Å². The summed E-state index contributed by atoms with van der Waals surface area (Å²) in [4.78, 5) is 11.8. The molecular formula is C14H21NO2. The molecule has 2 N–H and O–H groups in total. The Morgan fingerprint density at radius 1 is 1.29 bits per heavy atom. The number of ether oxygens (including phenoxy) is 1. The van der Waals surface area contributed by atoms with Crippen molar-refractivity contribution >= 4 is 11.7 Å². The normalized spacial score (nSPS) is 10.6. The van der Waals surface area contributed by atoms with Crippen LogP contribution in [-0.2, 0) is 4.74 Å². The topological polar surface area (TPSA) is 52.3 Å². The molecule has 0 aliphatic carbocycles. The van der Waals surface area contributed by atoms with Crippen molar-refractivity contribution in [3.63, 3.8) is 0 Å². The first-order chi connectivity index (χ1) is 7.93. The Morgan fingerprint density at radius 3 is 2.53 bits per heavy atom. The lowest BCUT2D eigenvalue weighted by Gasteiger charge is -2.11. The van der Waals surface area contributed by atoms with E-state index < -0.39 is 0 Å². The monoisotopic (exact) mass is 235 g/mol. The number of benzene rings is 1. The second-order valence-corrected chi connectivity index (χ2v) is 4.77. The average Bonchev–Trinajstić information content (AvgIpc) is 2.25. The zero-order valence-corrected chi connectivity index (χ0v) is 11.0. The zero-order chi connectivity index (χ0) is 13.0. The molecule has 0 radical (unpaired) electrons. The highest BCUT2D eigenvalue weighted by Crippen LogP contribution is 2.20. The molecule has 0 amide bonds. The largest absolute Gasteiger partial charge is 0.462 e. The Morgan fingerprint density at radius 2 is 1.94 bits per heavy atom. The summed E-state index contributed by atoms with van der Waals surface area (Å²) in [5, 5.41) is 0. The van der Waals surface area contributed by atoms with Crippen LogP contribution >= 0.6 is 0 Å². The van der Waals surface area contributed by atoms with E-state index >= 15 is 0 Å². The maximum atomic E-state index is 11.8. The van der Waals surface area contributed by atoms with Crippen molar-refractivity contribution in [1.29, 1.82) is 0 Å². The molecule has 94 valence electrons. The number of esters is 1. The van der Waals surface area contributed by atoms with Crippen LogP contribution in [0.2, 0.25) is 0 Å². The molecule has 0 fully saturated rings. The molecule has 17 heavy (non-hydrogen) atoms. The molecule has 0 aliphatic heterocycles. The van der Waals surface area contributed by atoms with Gasteiger partial charge in [-0.1, -0.05) is 13.8 Å². The van der Waals surface area contributed by atoms with Crippen molar-refractivity contribution in [3.05, 3.63) is 28.8 Å². The predicted molar refractivity (Wildman–Crippen MR) is 70.1 cm³/mol. The number of nitrogen functional groups attached to an aromatic ring is 1. The second-order valence-electron chi connectivity index (χ2n) is 4.77.